The summed E-state index contributed by atoms with van der Waals surface area (Å²) < 4.78 is 27.4. The van der Waals surface area contributed by atoms with Gasteiger partial charge in [-0.15, -0.1) is 0 Å². The number of aryl methyl sites for hydroxylation is 1. The van der Waals surface area contributed by atoms with E-state index in [2.05, 4.69) is 20.0 Å². The molecule has 0 saturated heterocycles. The minimum Gasteiger partial charge on any atom is -0.342 e. The minimum absolute atomic E-state index is 0.109. The van der Waals surface area contributed by atoms with Gasteiger partial charge in [-0.2, -0.15) is 0 Å². The molecule has 0 aliphatic carbocycles. The SMILES string of the molecule is CC(=O)Nc1ccc(S(=O)(=O)Nc2ccc3nc(C)[nH]c3c2)cc1. The molecule has 24 heavy (non-hydrogen) atoms. The predicted molar refractivity (Wildman–Crippen MR) is 92.4 cm³/mol. The molecule has 1 aromatic heterocycles. The van der Waals surface area contributed by atoms with Crippen LogP contribution in [0.4, 0.5) is 11.4 Å². The van der Waals surface area contributed by atoms with Gasteiger partial charge in [0.1, 0.15) is 5.82 Å². The van der Waals surface area contributed by atoms with Crippen LogP contribution < -0.4 is 10.0 Å². The van der Waals surface area contributed by atoms with Crippen LogP contribution in [-0.4, -0.2) is 24.3 Å². The van der Waals surface area contributed by atoms with Crippen LogP contribution in [-0.2, 0) is 14.8 Å². The highest BCUT2D eigenvalue weighted by atomic mass is 32.2. The zero-order valence-electron chi connectivity index (χ0n) is 13.1. The van der Waals surface area contributed by atoms with E-state index in [0.717, 1.165) is 16.9 Å². The quantitative estimate of drug-likeness (QED) is 0.677. The summed E-state index contributed by atoms with van der Waals surface area (Å²) in [5.74, 6) is 0.547. The van der Waals surface area contributed by atoms with E-state index in [1.807, 2.05) is 6.92 Å². The monoisotopic (exact) mass is 344 g/mol. The van der Waals surface area contributed by atoms with E-state index >= 15 is 0 Å². The molecule has 0 fully saturated rings. The molecule has 3 rings (SSSR count). The molecule has 0 unspecified atom stereocenters. The van der Waals surface area contributed by atoms with Crippen molar-refractivity contribution >= 4 is 38.3 Å². The molecule has 7 nitrogen and oxygen atoms in total. The number of anilines is 2. The predicted octanol–water partition coefficient (Wildman–Crippen LogP) is 2.63. The highest BCUT2D eigenvalue weighted by molar-refractivity contribution is 7.92. The topological polar surface area (TPSA) is 104 Å². The largest absolute Gasteiger partial charge is 0.342 e. The van der Waals surface area contributed by atoms with Gasteiger partial charge >= 0.3 is 0 Å². The van der Waals surface area contributed by atoms with Crippen LogP contribution in [0.5, 0.6) is 0 Å². The molecule has 2 aromatic carbocycles. The third-order valence-electron chi connectivity index (χ3n) is 3.34. The van der Waals surface area contributed by atoms with E-state index in [-0.39, 0.29) is 10.8 Å². The van der Waals surface area contributed by atoms with E-state index in [9.17, 15) is 13.2 Å². The molecule has 0 aliphatic heterocycles. The van der Waals surface area contributed by atoms with E-state index in [1.54, 1.807) is 18.2 Å². The Morgan fingerprint density at radius 3 is 2.42 bits per heavy atom. The van der Waals surface area contributed by atoms with Gasteiger partial charge in [0.05, 0.1) is 21.6 Å². The second kappa shape index (κ2) is 5.97. The normalized spacial score (nSPS) is 11.4. The third kappa shape index (κ3) is 3.38. The fourth-order valence-corrected chi connectivity index (χ4v) is 3.38. The zero-order chi connectivity index (χ0) is 17.3. The maximum absolute atomic E-state index is 12.5. The molecular formula is C16H16N4O3S. The van der Waals surface area contributed by atoms with E-state index < -0.39 is 10.0 Å². The van der Waals surface area contributed by atoms with E-state index in [4.69, 9.17) is 0 Å². The lowest BCUT2D eigenvalue weighted by Gasteiger charge is -2.09. The van der Waals surface area contributed by atoms with E-state index in [1.165, 1.54) is 31.2 Å². The molecule has 1 heterocycles. The van der Waals surface area contributed by atoms with Gasteiger partial charge in [0, 0.05) is 12.6 Å². The van der Waals surface area contributed by atoms with Gasteiger partial charge in [0.25, 0.3) is 10.0 Å². The summed E-state index contributed by atoms with van der Waals surface area (Å²) in [6.07, 6.45) is 0. The van der Waals surface area contributed by atoms with Crippen molar-refractivity contribution < 1.29 is 13.2 Å². The van der Waals surface area contributed by atoms with Crippen molar-refractivity contribution in [2.45, 2.75) is 18.7 Å². The molecule has 0 atom stereocenters. The Kier molecular flexibility index (Phi) is 3.98. The second-order valence-electron chi connectivity index (χ2n) is 5.37. The lowest BCUT2D eigenvalue weighted by atomic mass is 10.3. The molecule has 0 saturated carbocycles. The van der Waals surface area contributed by atoms with Crippen molar-refractivity contribution in [3.05, 3.63) is 48.3 Å². The van der Waals surface area contributed by atoms with Gasteiger partial charge in [-0.3, -0.25) is 9.52 Å². The standard InChI is InChI=1S/C16H16N4O3S/c1-10-17-15-8-5-13(9-16(15)18-10)20-24(22,23)14-6-3-12(4-7-14)19-11(2)21/h3-9,20H,1-2H3,(H,17,18)(H,19,21). The number of aromatic nitrogens is 2. The number of imidazole rings is 1. The zero-order valence-corrected chi connectivity index (χ0v) is 13.9. The Hall–Kier alpha value is -2.87. The summed E-state index contributed by atoms with van der Waals surface area (Å²) in [5, 5.41) is 2.59. The van der Waals surface area contributed by atoms with Gasteiger partial charge < -0.3 is 10.3 Å². The molecule has 0 spiro atoms. The first-order valence-corrected chi connectivity index (χ1v) is 8.69. The number of rotatable bonds is 4. The number of amides is 1. The Labute approximate surface area is 139 Å². The number of nitrogens with one attached hydrogen (secondary N) is 3. The van der Waals surface area contributed by atoms with Crippen molar-refractivity contribution in [2.75, 3.05) is 10.0 Å². The maximum Gasteiger partial charge on any atom is 0.261 e. The lowest BCUT2D eigenvalue weighted by Crippen LogP contribution is -2.13. The van der Waals surface area contributed by atoms with Crippen molar-refractivity contribution in [1.82, 2.24) is 9.97 Å². The number of hydrogen-bond donors (Lipinski definition) is 3. The first-order chi connectivity index (χ1) is 11.3. The number of H-pyrrole nitrogens is 1. The number of sulfonamides is 1. The number of fused-ring (bicyclic) bond motifs is 1. The van der Waals surface area contributed by atoms with Crippen molar-refractivity contribution in [1.29, 1.82) is 0 Å². The fraction of sp³-hybridized carbons (Fsp3) is 0.125. The minimum atomic E-state index is -3.72. The van der Waals surface area contributed by atoms with Crippen LogP contribution in [0.15, 0.2) is 47.4 Å². The second-order valence-corrected chi connectivity index (χ2v) is 7.05. The van der Waals surface area contributed by atoms with Crippen molar-refractivity contribution in [3.8, 4) is 0 Å². The lowest BCUT2D eigenvalue weighted by molar-refractivity contribution is -0.114. The summed E-state index contributed by atoms with van der Waals surface area (Å²) in [5.41, 5.74) is 2.51. The first-order valence-electron chi connectivity index (χ1n) is 7.20. The van der Waals surface area contributed by atoms with Gasteiger partial charge in [0.15, 0.2) is 0 Å². The van der Waals surface area contributed by atoms with Crippen LogP contribution in [0, 0.1) is 6.92 Å². The van der Waals surface area contributed by atoms with Crippen LogP contribution in [0.1, 0.15) is 12.7 Å². The van der Waals surface area contributed by atoms with Crippen molar-refractivity contribution in [2.24, 2.45) is 0 Å². The summed E-state index contributed by atoms with van der Waals surface area (Å²) in [4.78, 5) is 18.4. The van der Waals surface area contributed by atoms with Gasteiger partial charge in [0.2, 0.25) is 5.91 Å². The smallest absolute Gasteiger partial charge is 0.261 e. The Bertz CT molecular complexity index is 1010. The van der Waals surface area contributed by atoms with Crippen molar-refractivity contribution in [3.63, 3.8) is 0 Å². The summed E-state index contributed by atoms with van der Waals surface area (Å²) >= 11 is 0. The first kappa shape index (κ1) is 16.0. The Balaban J connectivity index is 1.85. The summed E-state index contributed by atoms with van der Waals surface area (Å²) in [7, 11) is -3.72. The summed E-state index contributed by atoms with van der Waals surface area (Å²) in [6, 6.07) is 11.1. The highest BCUT2D eigenvalue weighted by Crippen LogP contribution is 2.21. The third-order valence-corrected chi connectivity index (χ3v) is 4.73. The van der Waals surface area contributed by atoms with Gasteiger partial charge in [-0.05, 0) is 49.4 Å². The molecule has 3 aromatic rings. The van der Waals surface area contributed by atoms with Crippen LogP contribution in [0.3, 0.4) is 0 Å². The van der Waals surface area contributed by atoms with Crippen LogP contribution >= 0.6 is 0 Å². The molecule has 0 aliphatic rings. The Morgan fingerprint density at radius 2 is 1.75 bits per heavy atom. The number of benzene rings is 2. The highest BCUT2D eigenvalue weighted by Gasteiger charge is 2.14. The average Bonchev–Trinajstić information content (AvgIpc) is 2.86. The number of carbonyl (C=O) groups excluding carboxylic acids is 1. The van der Waals surface area contributed by atoms with Gasteiger partial charge in [-0.25, -0.2) is 13.4 Å². The van der Waals surface area contributed by atoms with Crippen LogP contribution in [0.2, 0.25) is 0 Å². The maximum atomic E-state index is 12.5. The number of nitrogens with zero attached hydrogens (tertiary/aromatic N) is 1. The van der Waals surface area contributed by atoms with Gasteiger partial charge in [-0.1, -0.05) is 0 Å². The Morgan fingerprint density at radius 1 is 1.08 bits per heavy atom. The van der Waals surface area contributed by atoms with E-state index in [0.29, 0.717) is 11.4 Å². The summed E-state index contributed by atoms with van der Waals surface area (Å²) in [6.45, 7) is 3.22. The molecule has 0 bridgehead atoms. The molecule has 124 valence electrons. The number of aromatic amines is 1. The molecule has 8 heteroatoms. The van der Waals surface area contributed by atoms with Crippen LogP contribution in [0.25, 0.3) is 11.0 Å². The molecular weight excluding hydrogens is 328 g/mol. The number of carbonyl (C=O) groups is 1. The molecule has 1 amide bonds. The molecule has 0 radical (unpaired) electrons. The average molecular weight is 344 g/mol. The number of hydrogen-bond acceptors (Lipinski definition) is 4. The fourth-order valence-electron chi connectivity index (χ4n) is 2.34. The molecule has 3 N–H and O–H groups in total.